The lowest BCUT2D eigenvalue weighted by atomic mass is 10.2. The van der Waals surface area contributed by atoms with Gasteiger partial charge in [0.1, 0.15) is 5.82 Å². The molecule has 2 N–H and O–H groups in total. The maximum atomic E-state index is 13.2. The summed E-state index contributed by atoms with van der Waals surface area (Å²) in [5.41, 5.74) is -0.0220. The van der Waals surface area contributed by atoms with E-state index in [-0.39, 0.29) is 30.6 Å². The number of carbonyl (C=O) groups is 1. The Kier molecular flexibility index (Phi) is 5.15. The van der Waals surface area contributed by atoms with Crippen LogP contribution in [0.15, 0.2) is 12.1 Å². The molecular formula is C12H15F3N2O. The first-order valence-electron chi connectivity index (χ1n) is 5.53. The molecule has 100 valence electrons. The first kappa shape index (κ1) is 14.5. The van der Waals surface area contributed by atoms with Gasteiger partial charge in [-0.2, -0.15) is 0 Å². The van der Waals surface area contributed by atoms with Gasteiger partial charge in [-0.15, -0.1) is 0 Å². The highest BCUT2D eigenvalue weighted by Crippen LogP contribution is 2.13. The predicted octanol–water partition coefficient (Wildman–Crippen LogP) is 1.72. The molecule has 0 spiro atoms. The molecule has 1 aromatic rings. The van der Waals surface area contributed by atoms with Crippen molar-refractivity contribution < 1.29 is 18.0 Å². The highest BCUT2D eigenvalue weighted by atomic mass is 19.2. The van der Waals surface area contributed by atoms with Gasteiger partial charge in [-0.3, -0.25) is 4.79 Å². The molecule has 0 fully saturated rings. The molecule has 0 heterocycles. The van der Waals surface area contributed by atoms with Crippen molar-refractivity contribution in [3.05, 3.63) is 35.1 Å². The van der Waals surface area contributed by atoms with Crippen molar-refractivity contribution in [2.45, 2.75) is 26.4 Å². The number of halogens is 3. The molecule has 1 rings (SSSR count). The number of nitrogens with one attached hydrogen (secondary N) is 2. The summed E-state index contributed by atoms with van der Waals surface area (Å²) >= 11 is 0. The van der Waals surface area contributed by atoms with Crippen molar-refractivity contribution in [2.75, 3.05) is 6.54 Å². The van der Waals surface area contributed by atoms with E-state index in [1.807, 2.05) is 13.8 Å². The molecule has 1 aromatic carbocycles. The maximum Gasteiger partial charge on any atom is 0.234 e. The van der Waals surface area contributed by atoms with Crippen LogP contribution in [0.2, 0.25) is 0 Å². The smallest absolute Gasteiger partial charge is 0.234 e. The second kappa shape index (κ2) is 6.39. The van der Waals surface area contributed by atoms with E-state index in [0.717, 1.165) is 6.07 Å². The first-order valence-corrected chi connectivity index (χ1v) is 5.53. The van der Waals surface area contributed by atoms with Crippen LogP contribution in [0, 0.1) is 17.5 Å². The van der Waals surface area contributed by atoms with E-state index in [2.05, 4.69) is 10.6 Å². The van der Waals surface area contributed by atoms with Crippen molar-refractivity contribution >= 4 is 5.91 Å². The topological polar surface area (TPSA) is 41.1 Å². The van der Waals surface area contributed by atoms with Crippen molar-refractivity contribution in [1.82, 2.24) is 10.6 Å². The molecule has 6 heteroatoms. The molecule has 0 aliphatic rings. The van der Waals surface area contributed by atoms with Crippen LogP contribution in [-0.4, -0.2) is 18.5 Å². The minimum atomic E-state index is -1.23. The van der Waals surface area contributed by atoms with Gasteiger partial charge >= 0.3 is 0 Å². The molecule has 0 atom stereocenters. The third kappa shape index (κ3) is 4.37. The molecule has 3 nitrogen and oxygen atoms in total. The number of rotatable bonds is 5. The zero-order valence-electron chi connectivity index (χ0n) is 10.2. The van der Waals surface area contributed by atoms with Crippen molar-refractivity contribution in [1.29, 1.82) is 0 Å². The molecule has 0 bridgehead atoms. The summed E-state index contributed by atoms with van der Waals surface area (Å²) in [7, 11) is 0. The van der Waals surface area contributed by atoms with Crippen LogP contribution in [0.1, 0.15) is 19.4 Å². The normalized spacial score (nSPS) is 10.8. The van der Waals surface area contributed by atoms with Gasteiger partial charge < -0.3 is 10.6 Å². The summed E-state index contributed by atoms with van der Waals surface area (Å²) in [4.78, 5) is 11.2. The van der Waals surface area contributed by atoms with Gasteiger partial charge in [-0.1, -0.05) is 0 Å². The Balaban J connectivity index is 2.49. The minimum absolute atomic E-state index is 0.0132. The van der Waals surface area contributed by atoms with Crippen LogP contribution in [0.5, 0.6) is 0 Å². The Morgan fingerprint density at radius 2 is 1.78 bits per heavy atom. The summed E-state index contributed by atoms with van der Waals surface area (Å²) in [6.45, 7) is 3.56. The number of hydrogen-bond donors (Lipinski definition) is 2. The lowest BCUT2D eigenvalue weighted by Crippen LogP contribution is -2.37. The zero-order valence-corrected chi connectivity index (χ0v) is 10.2. The minimum Gasteiger partial charge on any atom is -0.353 e. The molecule has 0 saturated carbocycles. The fourth-order valence-electron chi connectivity index (χ4n) is 1.38. The van der Waals surface area contributed by atoms with Gasteiger partial charge in [0.25, 0.3) is 0 Å². The number of carbonyl (C=O) groups excluding carboxylic acids is 1. The molecule has 0 unspecified atom stereocenters. The van der Waals surface area contributed by atoms with Gasteiger partial charge in [0.2, 0.25) is 5.91 Å². The summed E-state index contributed by atoms with van der Waals surface area (Å²) in [5.74, 6) is -3.42. The van der Waals surface area contributed by atoms with Crippen LogP contribution in [0.4, 0.5) is 13.2 Å². The molecular weight excluding hydrogens is 245 g/mol. The van der Waals surface area contributed by atoms with Gasteiger partial charge in [0.15, 0.2) is 11.6 Å². The standard InChI is InChI=1S/C12H15F3N2O/c1-7(2)17-12(18)6-16-5-8-3-10(14)11(15)4-9(8)13/h3-4,7,16H,5-6H2,1-2H3,(H,17,18). The predicted molar refractivity (Wildman–Crippen MR) is 61.3 cm³/mol. The number of benzene rings is 1. The number of hydrogen-bond acceptors (Lipinski definition) is 2. The molecule has 0 aliphatic carbocycles. The highest BCUT2D eigenvalue weighted by Gasteiger charge is 2.10. The summed E-state index contributed by atoms with van der Waals surface area (Å²) in [6.07, 6.45) is 0. The Bertz CT molecular complexity index is 436. The van der Waals surface area contributed by atoms with Crippen LogP contribution < -0.4 is 10.6 Å². The van der Waals surface area contributed by atoms with Crippen molar-refractivity contribution in [2.24, 2.45) is 0 Å². The number of amides is 1. The lowest BCUT2D eigenvalue weighted by molar-refractivity contribution is -0.120. The zero-order chi connectivity index (χ0) is 13.7. The lowest BCUT2D eigenvalue weighted by Gasteiger charge is -2.09. The van der Waals surface area contributed by atoms with E-state index >= 15 is 0 Å². The van der Waals surface area contributed by atoms with E-state index in [4.69, 9.17) is 0 Å². The monoisotopic (exact) mass is 260 g/mol. The van der Waals surface area contributed by atoms with Crippen LogP contribution in [0.25, 0.3) is 0 Å². The summed E-state index contributed by atoms with van der Waals surface area (Å²) < 4.78 is 38.7. The van der Waals surface area contributed by atoms with Gasteiger partial charge in [0, 0.05) is 24.2 Å². The maximum absolute atomic E-state index is 13.2. The third-order valence-electron chi connectivity index (χ3n) is 2.14. The van der Waals surface area contributed by atoms with E-state index < -0.39 is 17.5 Å². The van der Waals surface area contributed by atoms with Gasteiger partial charge in [-0.25, -0.2) is 13.2 Å². The Labute approximate surface area is 103 Å². The van der Waals surface area contributed by atoms with Gasteiger partial charge in [-0.05, 0) is 19.9 Å². The van der Waals surface area contributed by atoms with Crippen molar-refractivity contribution in [3.63, 3.8) is 0 Å². The summed E-state index contributed by atoms with van der Waals surface area (Å²) in [6, 6.07) is 1.28. The highest BCUT2D eigenvalue weighted by molar-refractivity contribution is 5.78. The van der Waals surface area contributed by atoms with Crippen LogP contribution >= 0.6 is 0 Å². The largest absolute Gasteiger partial charge is 0.353 e. The molecule has 0 saturated heterocycles. The van der Waals surface area contributed by atoms with E-state index in [1.54, 1.807) is 0 Å². The third-order valence-corrected chi connectivity index (χ3v) is 2.14. The van der Waals surface area contributed by atoms with Gasteiger partial charge in [0.05, 0.1) is 6.54 Å². The fourth-order valence-corrected chi connectivity index (χ4v) is 1.38. The van der Waals surface area contributed by atoms with E-state index in [1.165, 1.54) is 0 Å². The van der Waals surface area contributed by atoms with Crippen molar-refractivity contribution in [3.8, 4) is 0 Å². The van der Waals surface area contributed by atoms with Crippen LogP contribution in [-0.2, 0) is 11.3 Å². The second-order valence-electron chi connectivity index (χ2n) is 4.18. The van der Waals surface area contributed by atoms with E-state index in [9.17, 15) is 18.0 Å². The summed E-state index contributed by atoms with van der Waals surface area (Å²) in [5, 5.41) is 5.29. The molecule has 1 amide bonds. The molecule has 0 aliphatic heterocycles. The molecule has 0 radical (unpaired) electrons. The Morgan fingerprint density at radius 1 is 1.17 bits per heavy atom. The fraction of sp³-hybridized carbons (Fsp3) is 0.417. The average molecular weight is 260 g/mol. The van der Waals surface area contributed by atoms with Crippen LogP contribution in [0.3, 0.4) is 0 Å². The quantitative estimate of drug-likeness (QED) is 0.791. The Hall–Kier alpha value is -1.56. The Morgan fingerprint density at radius 3 is 2.39 bits per heavy atom. The SMILES string of the molecule is CC(C)NC(=O)CNCc1cc(F)c(F)cc1F. The first-order chi connectivity index (χ1) is 8.40. The average Bonchev–Trinajstić information content (AvgIpc) is 2.24. The molecule has 0 aromatic heterocycles. The second-order valence-corrected chi connectivity index (χ2v) is 4.18. The molecule has 18 heavy (non-hydrogen) atoms. The van der Waals surface area contributed by atoms with E-state index in [0.29, 0.717) is 6.07 Å².